The van der Waals surface area contributed by atoms with E-state index in [2.05, 4.69) is 6.92 Å². The molecule has 0 bridgehead atoms. The molecular weight excluding hydrogens is 612 g/mol. The normalized spacial score (nSPS) is 37.5. The molecule has 1 aromatic heterocycles. The molecule has 1 saturated heterocycles. The van der Waals surface area contributed by atoms with Gasteiger partial charge in [-0.2, -0.15) is 0 Å². The number of phenols is 3. The van der Waals surface area contributed by atoms with Gasteiger partial charge in [-0.15, -0.1) is 0 Å². The number of hydrogen-bond acceptors (Lipinski definition) is 11. The maximum absolute atomic E-state index is 14.3. The van der Waals surface area contributed by atoms with Crippen molar-refractivity contribution < 1.29 is 58.6 Å². The number of epoxide rings is 1. The minimum atomic E-state index is -1.29. The van der Waals surface area contributed by atoms with Crippen molar-refractivity contribution in [3.8, 4) is 17.2 Å². The molecule has 12 nitrogen and oxygen atoms in total. The van der Waals surface area contributed by atoms with Crippen LogP contribution >= 0.6 is 0 Å². The highest BCUT2D eigenvalue weighted by Crippen LogP contribution is 2.81. The molecule has 8 unspecified atom stereocenters. The lowest BCUT2D eigenvalue weighted by Gasteiger charge is -2.64. The molecule has 1 aliphatic heterocycles. The quantitative estimate of drug-likeness (QED) is 0.170. The van der Waals surface area contributed by atoms with Crippen LogP contribution in [0.4, 0.5) is 0 Å². The number of esters is 1. The number of carbonyl (C=O) groups excluding carboxylic acids is 3. The molecule has 0 amide bonds. The highest BCUT2D eigenvalue weighted by molar-refractivity contribution is 6.06. The molecule has 12 heteroatoms. The molecule has 5 aliphatic rings. The molecule has 7 rings (SSSR count). The van der Waals surface area contributed by atoms with Gasteiger partial charge in [0, 0.05) is 23.7 Å². The Kier molecular flexibility index (Phi) is 6.86. The number of ketones is 2. The van der Waals surface area contributed by atoms with Crippen LogP contribution in [0.5, 0.6) is 17.2 Å². The van der Waals surface area contributed by atoms with Crippen LogP contribution in [0.2, 0.25) is 0 Å². The summed E-state index contributed by atoms with van der Waals surface area (Å²) >= 11 is 0. The van der Waals surface area contributed by atoms with E-state index in [9.17, 15) is 24.3 Å². The zero-order valence-electron chi connectivity index (χ0n) is 26.9. The Hall–Kier alpha value is -4.58. The molecule has 1 spiro atoms. The van der Waals surface area contributed by atoms with E-state index in [1.807, 2.05) is 19.9 Å². The van der Waals surface area contributed by atoms with Crippen LogP contribution in [0.15, 0.2) is 58.6 Å². The predicted molar refractivity (Wildman–Crippen MR) is 163 cm³/mol. The maximum atomic E-state index is 14.3. The largest absolute Gasteiger partial charge is 0.504 e. The zero-order chi connectivity index (χ0) is 34.6. The molecule has 2 saturated carbocycles. The zero-order valence-corrected chi connectivity index (χ0v) is 26.9. The fraction of sp³-hybridized carbons (Fsp3) is 0.486. The van der Waals surface area contributed by atoms with E-state index in [1.54, 1.807) is 38.5 Å². The van der Waals surface area contributed by atoms with Crippen molar-refractivity contribution in [3.05, 3.63) is 65.3 Å². The van der Waals surface area contributed by atoms with Crippen molar-refractivity contribution in [1.29, 1.82) is 0 Å². The van der Waals surface area contributed by atoms with Gasteiger partial charge in [-0.25, -0.2) is 4.79 Å². The Balaban J connectivity index is 0.000000273. The summed E-state index contributed by atoms with van der Waals surface area (Å²) in [5, 5.41) is 46.5. The molecule has 0 radical (unpaired) electrons. The monoisotopic (exact) mass is 650 g/mol. The standard InChI is InChI=1S/C28H32O7.C7H6O5/c1-14(29)34-17-12-26(5)16(15-8-10-33-13-15)11-19-28(26,35-19)27(6)21(17)25(4)9-7-18(30)24(2,3)22(25)20(31)23(27)32;8-4-1-3(7(11)12)2-5(9)6(4)10/h7-10,13,16-17,19,21,31H,11-12H2,1-6H3;1-2,8-10H,(H,11,12). The molecular formula is C35H38O12. The van der Waals surface area contributed by atoms with Crippen LogP contribution in [-0.4, -0.2) is 66.8 Å². The van der Waals surface area contributed by atoms with Gasteiger partial charge >= 0.3 is 11.9 Å². The number of hydrogen-bond donors (Lipinski definition) is 5. The maximum Gasteiger partial charge on any atom is 0.335 e. The summed E-state index contributed by atoms with van der Waals surface area (Å²) in [6, 6.07) is 3.63. The first-order valence-electron chi connectivity index (χ1n) is 15.4. The van der Waals surface area contributed by atoms with Crippen molar-refractivity contribution in [3.63, 3.8) is 0 Å². The van der Waals surface area contributed by atoms with E-state index in [1.165, 1.54) is 6.92 Å². The number of carbonyl (C=O) groups is 4. The van der Waals surface area contributed by atoms with Crippen LogP contribution in [0.3, 0.4) is 0 Å². The van der Waals surface area contributed by atoms with Gasteiger partial charge in [0.2, 0.25) is 5.78 Å². The van der Waals surface area contributed by atoms with Gasteiger partial charge in [0.1, 0.15) is 11.7 Å². The van der Waals surface area contributed by atoms with Crippen LogP contribution in [0.1, 0.15) is 76.2 Å². The van der Waals surface area contributed by atoms with Crippen molar-refractivity contribution in [2.75, 3.05) is 0 Å². The van der Waals surface area contributed by atoms with Crippen LogP contribution in [-0.2, 0) is 23.9 Å². The molecule has 250 valence electrons. The summed E-state index contributed by atoms with van der Waals surface area (Å²) in [5.41, 5.74) is -3.35. The number of phenolic OH excluding ortho intramolecular Hbond substituents is 3. The van der Waals surface area contributed by atoms with Crippen molar-refractivity contribution in [1.82, 2.24) is 0 Å². The number of aliphatic hydroxyl groups excluding tert-OH is 1. The highest BCUT2D eigenvalue weighted by atomic mass is 16.6. The minimum Gasteiger partial charge on any atom is -0.504 e. The Morgan fingerprint density at radius 2 is 1.64 bits per heavy atom. The van der Waals surface area contributed by atoms with Crippen LogP contribution in [0, 0.1) is 27.6 Å². The minimum absolute atomic E-state index is 0.0453. The third kappa shape index (κ3) is 4.03. The summed E-state index contributed by atoms with van der Waals surface area (Å²) in [4.78, 5) is 49.9. The molecule has 3 fully saturated rings. The van der Waals surface area contributed by atoms with E-state index in [-0.39, 0.29) is 29.1 Å². The van der Waals surface area contributed by atoms with E-state index in [0.29, 0.717) is 18.4 Å². The Bertz CT molecular complexity index is 1760. The number of benzene rings is 1. The van der Waals surface area contributed by atoms with Gasteiger partial charge in [0.05, 0.1) is 35.0 Å². The Morgan fingerprint density at radius 3 is 2.19 bits per heavy atom. The third-order valence-corrected chi connectivity index (χ3v) is 11.7. The number of Topliss-reactive ketones (excluding diaryl/α,β-unsaturated/α-hetero) is 1. The van der Waals surface area contributed by atoms with Gasteiger partial charge in [0.15, 0.2) is 28.8 Å². The Morgan fingerprint density at radius 1 is 1.00 bits per heavy atom. The van der Waals surface area contributed by atoms with Crippen molar-refractivity contribution in [2.45, 2.75) is 78.1 Å². The van der Waals surface area contributed by atoms with Crippen molar-refractivity contribution in [2.24, 2.45) is 27.6 Å². The fourth-order valence-corrected chi connectivity index (χ4v) is 9.95. The number of fused-ring (bicyclic) bond motifs is 3. The number of aromatic hydroxyl groups is 3. The topological polar surface area (TPSA) is 204 Å². The molecule has 5 N–H and O–H groups in total. The summed E-state index contributed by atoms with van der Waals surface area (Å²) in [6.07, 6.45) is 7.17. The molecule has 8 atom stereocenters. The number of allylic oxidation sites excluding steroid dienone is 4. The van der Waals surface area contributed by atoms with Gasteiger partial charge in [0.25, 0.3) is 0 Å². The molecule has 4 aliphatic carbocycles. The smallest absolute Gasteiger partial charge is 0.335 e. The first-order valence-corrected chi connectivity index (χ1v) is 15.4. The first kappa shape index (κ1) is 32.4. The predicted octanol–water partition coefficient (Wildman–Crippen LogP) is 4.94. The summed E-state index contributed by atoms with van der Waals surface area (Å²) in [7, 11) is 0. The van der Waals surface area contributed by atoms with Gasteiger partial charge < -0.3 is 39.4 Å². The average molecular weight is 651 g/mol. The number of ether oxygens (including phenoxy) is 2. The molecule has 1 aromatic carbocycles. The van der Waals surface area contributed by atoms with E-state index in [4.69, 9.17) is 34.3 Å². The molecule has 2 heterocycles. The lowest BCUT2D eigenvalue weighted by atomic mass is 9.38. The summed E-state index contributed by atoms with van der Waals surface area (Å²) in [5.74, 6) is -5.17. The molecule has 47 heavy (non-hydrogen) atoms. The number of aliphatic hydroxyl groups is 1. The summed E-state index contributed by atoms with van der Waals surface area (Å²) in [6.45, 7) is 10.8. The fourth-order valence-electron chi connectivity index (χ4n) is 9.95. The lowest BCUT2D eigenvalue weighted by Crippen LogP contribution is -2.70. The van der Waals surface area contributed by atoms with Crippen molar-refractivity contribution >= 4 is 23.5 Å². The van der Waals surface area contributed by atoms with E-state index in [0.717, 1.165) is 17.7 Å². The van der Waals surface area contributed by atoms with E-state index < -0.39 is 74.3 Å². The van der Waals surface area contributed by atoms with Crippen LogP contribution in [0.25, 0.3) is 0 Å². The van der Waals surface area contributed by atoms with E-state index >= 15 is 0 Å². The number of aromatic carboxylic acids is 1. The number of carboxylic acids is 1. The summed E-state index contributed by atoms with van der Waals surface area (Å²) < 4.78 is 17.9. The second-order valence-electron chi connectivity index (χ2n) is 14.5. The van der Waals surface area contributed by atoms with Crippen LogP contribution < -0.4 is 0 Å². The number of rotatable bonds is 3. The van der Waals surface area contributed by atoms with Gasteiger partial charge in [-0.1, -0.05) is 19.9 Å². The second-order valence-corrected chi connectivity index (χ2v) is 14.5. The number of furan rings is 1. The molecule has 2 aromatic rings. The third-order valence-electron chi connectivity index (χ3n) is 11.7. The van der Waals surface area contributed by atoms with Gasteiger partial charge in [-0.05, 0) is 74.9 Å². The Labute approximate surface area is 270 Å². The SMILES string of the molecule is CC(=O)OC1CC2(C)C(c3ccoc3)CC3OC32C2(C)C(=O)C(O)=C3C(C)(C)C(=O)C=CC3(C)C12.O=C(O)c1cc(O)c(O)c(O)c1. The average Bonchev–Trinajstić information content (AvgIpc) is 3.34. The first-order chi connectivity index (χ1) is 21.8. The number of carboxylic acid groups (broad SMARTS) is 1. The lowest BCUT2D eigenvalue weighted by molar-refractivity contribution is -0.200. The van der Waals surface area contributed by atoms with Gasteiger partial charge in [-0.3, -0.25) is 14.4 Å². The highest BCUT2D eigenvalue weighted by Gasteiger charge is 2.89. The second kappa shape index (κ2) is 9.96.